The van der Waals surface area contributed by atoms with Gasteiger partial charge in [0.1, 0.15) is 23.7 Å². The maximum atomic E-state index is 12.5. The molecule has 13 nitrogen and oxygen atoms in total. The molecule has 15 heteroatoms. The molecule has 1 atom stereocenters. The average Bonchev–Trinajstić information content (AvgIpc) is 3.69. The summed E-state index contributed by atoms with van der Waals surface area (Å²) in [6.07, 6.45) is 7.71. The first-order valence-corrected chi connectivity index (χ1v) is 20.7. The molecule has 2 aromatic heterocycles. The first-order valence-electron chi connectivity index (χ1n) is 19.5. The second-order valence-electron chi connectivity index (χ2n) is 14.8. The lowest BCUT2D eigenvalue weighted by Crippen LogP contribution is -2.51. The van der Waals surface area contributed by atoms with Gasteiger partial charge in [0, 0.05) is 78.5 Å². The molecule has 0 spiro atoms. The van der Waals surface area contributed by atoms with E-state index in [-0.39, 0.29) is 17.9 Å². The fourth-order valence-corrected chi connectivity index (χ4v) is 9.06. The van der Waals surface area contributed by atoms with Crippen molar-refractivity contribution in [3.05, 3.63) is 104 Å². The van der Waals surface area contributed by atoms with E-state index in [1.165, 1.54) is 6.20 Å². The van der Waals surface area contributed by atoms with Crippen LogP contribution < -0.4 is 16.4 Å². The Morgan fingerprint density at radius 1 is 1.14 bits per heavy atom. The maximum Gasteiger partial charge on any atom is 0.243 e. The molecule has 3 aliphatic heterocycles. The number of hydrogen-bond donors (Lipinski definition) is 3. The van der Waals surface area contributed by atoms with Crippen molar-refractivity contribution >= 4 is 58.7 Å². The summed E-state index contributed by atoms with van der Waals surface area (Å²) in [6.45, 7) is 8.33. The van der Waals surface area contributed by atoms with Crippen LogP contribution in [0, 0.1) is 25.7 Å². The van der Waals surface area contributed by atoms with Gasteiger partial charge < -0.3 is 16.0 Å². The number of piperidine rings is 2. The van der Waals surface area contributed by atoms with Crippen molar-refractivity contribution in [3.63, 3.8) is 0 Å². The molecule has 0 radical (unpaired) electrons. The molecule has 0 bridgehead atoms. The van der Waals surface area contributed by atoms with Gasteiger partial charge in [-0.3, -0.25) is 39.2 Å². The number of anilines is 1. The summed E-state index contributed by atoms with van der Waals surface area (Å²) in [5.74, 6) is 7.63. The third-order valence-electron chi connectivity index (χ3n) is 10.9. The van der Waals surface area contributed by atoms with Crippen LogP contribution in [0.15, 0.2) is 64.2 Å². The van der Waals surface area contributed by atoms with Crippen LogP contribution in [0.1, 0.15) is 81.2 Å². The van der Waals surface area contributed by atoms with E-state index in [9.17, 15) is 14.4 Å². The summed E-state index contributed by atoms with van der Waals surface area (Å²) in [4.78, 5) is 51.1. The molecule has 7 rings (SSSR count). The van der Waals surface area contributed by atoms with E-state index in [0.717, 1.165) is 100 Å². The number of nitrogens with zero attached hydrogens (tertiary/aromatic N) is 7. The van der Waals surface area contributed by atoms with Crippen LogP contribution in [-0.2, 0) is 22.7 Å². The molecule has 3 aliphatic rings. The summed E-state index contributed by atoms with van der Waals surface area (Å²) < 4.78 is 2.07. The number of fused-ring (bicyclic) bond motifs is 3. The number of imide groups is 1. The minimum absolute atomic E-state index is 0.243. The van der Waals surface area contributed by atoms with Crippen molar-refractivity contribution < 1.29 is 14.4 Å². The zero-order chi connectivity index (χ0) is 40.8. The van der Waals surface area contributed by atoms with E-state index in [2.05, 4.69) is 54.1 Å². The van der Waals surface area contributed by atoms with Crippen molar-refractivity contribution in [2.24, 2.45) is 15.7 Å². The largest absolute Gasteiger partial charge is 0.404 e. The Kier molecular flexibility index (Phi) is 12.9. The number of aliphatic imine (C=N–C) groups is 2. The molecule has 4 aromatic rings. The van der Waals surface area contributed by atoms with Gasteiger partial charge in [0.2, 0.25) is 11.8 Å². The van der Waals surface area contributed by atoms with Gasteiger partial charge in [0.15, 0.2) is 5.82 Å². The number of benzene rings is 2. The summed E-state index contributed by atoms with van der Waals surface area (Å²) >= 11 is 7.80. The van der Waals surface area contributed by atoms with E-state index in [0.29, 0.717) is 48.6 Å². The number of carbonyl (C=O) groups excluding carboxylic acids is 3. The molecule has 300 valence electrons. The van der Waals surface area contributed by atoms with E-state index < -0.39 is 6.04 Å². The molecule has 1 unspecified atom stereocenters. The summed E-state index contributed by atoms with van der Waals surface area (Å²) in [7, 11) is 1.86. The van der Waals surface area contributed by atoms with Crippen molar-refractivity contribution in [2.45, 2.75) is 71.1 Å². The Bertz CT molecular complexity index is 2340. The number of thiophene rings is 1. The van der Waals surface area contributed by atoms with Gasteiger partial charge in [-0.15, -0.1) is 21.5 Å². The molecular weight excluding hydrogens is 772 g/mol. The molecule has 2 saturated heterocycles. The topological polar surface area (TPSA) is 163 Å². The monoisotopic (exact) mass is 818 g/mol. The predicted molar refractivity (Wildman–Crippen MR) is 229 cm³/mol. The molecule has 4 N–H and O–H groups in total. The van der Waals surface area contributed by atoms with Crippen molar-refractivity contribution in [3.8, 4) is 16.8 Å². The predicted octanol–water partition coefficient (Wildman–Crippen LogP) is 5.23. The van der Waals surface area contributed by atoms with Gasteiger partial charge in [-0.25, -0.2) is 0 Å². The number of likely N-dealkylation sites (N-methyl/N-ethyl adjacent to an activating group) is 1. The summed E-state index contributed by atoms with van der Waals surface area (Å²) in [6, 6.07) is 13.2. The second kappa shape index (κ2) is 18.4. The first kappa shape index (κ1) is 40.7. The number of rotatable bonds is 12. The third-order valence-corrected chi connectivity index (χ3v) is 12.3. The van der Waals surface area contributed by atoms with Crippen molar-refractivity contribution in [1.82, 2.24) is 29.9 Å². The van der Waals surface area contributed by atoms with Crippen molar-refractivity contribution in [2.75, 3.05) is 38.5 Å². The van der Waals surface area contributed by atoms with E-state index in [4.69, 9.17) is 22.3 Å². The lowest BCUT2D eigenvalue weighted by molar-refractivity contribution is -0.137. The van der Waals surface area contributed by atoms with Crippen LogP contribution in [0.2, 0.25) is 5.02 Å². The second-order valence-corrected chi connectivity index (χ2v) is 16.2. The number of aromatic nitrogens is 3. The highest BCUT2D eigenvalue weighted by Gasteiger charge is 2.31. The average molecular weight is 819 g/mol. The highest BCUT2D eigenvalue weighted by Crippen LogP contribution is 2.36. The van der Waals surface area contributed by atoms with Crippen LogP contribution in [0.25, 0.3) is 5.00 Å². The zero-order valence-corrected chi connectivity index (χ0v) is 34.5. The number of nitrogens with one attached hydrogen (secondary N) is 2. The summed E-state index contributed by atoms with van der Waals surface area (Å²) in [5, 5.41) is 16.5. The van der Waals surface area contributed by atoms with Crippen LogP contribution in [0.5, 0.6) is 0 Å². The molecular formula is C43H47ClN10O3S. The standard InChI is InChI=1S/C43H47ClN10O3S/c1-27-37(58-43-40(27)41(30-9-11-32(44)12-10-30)47-24-38-51-50-28(2)54(38)43)14-8-29(22-45)23-46-18-5-19-53-20-16-33(17-21-53)48-35-7-4-6-31(26-55)34(35)25-52(3)36-13-15-39(56)49-42(36)57/h4,6-7,9-12,22-23,26,33,36,48H,5,13,15-21,24-25,45H2,1-3H3,(H,49,56,57). The quantitative estimate of drug-likeness (QED) is 0.0572. The Morgan fingerprint density at radius 2 is 1.93 bits per heavy atom. The maximum absolute atomic E-state index is 12.5. The summed E-state index contributed by atoms with van der Waals surface area (Å²) in [5.41, 5.74) is 12.9. The Labute approximate surface area is 347 Å². The van der Waals surface area contributed by atoms with E-state index in [1.807, 2.05) is 55.3 Å². The first-order chi connectivity index (χ1) is 28.1. The number of allylic oxidation sites excluding steroid dienone is 1. The molecule has 2 amide bonds. The van der Waals surface area contributed by atoms with Gasteiger partial charge in [-0.2, -0.15) is 0 Å². The minimum atomic E-state index is -0.420. The van der Waals surface area contributed by atoms with Crippen molar-refractivity contribution in [1.29, 1.82) is 0 Å². The number of halogens is 1. The lowest BCUT2D eigenvalue weighted by Gasteiger charge is -2.34. The number of likely N-dealkylation sites (tertiary alicyclic amines) is 1. The Balaban J connectivity index is 0.923. The number of aryl methyl sites for hydroxylation is 1. The van der Waals surface area contributed by atoms with Crippen LogP contribution >= 0.6 is 22.9 Å². The third kappa shape index (κ3) is 9.13. The van der Waals surface area contributed by atoms with Gasteiger partial charge in [-0.1, -0.05) is 47.7 Å². The number of aldehydes is 1. The fourth-order valence-electron chi connectivity index (χ4n) is 7.70. The Morgan fingerprint density at radius 3 is 2.67 bits per heavy atom. The Hall–Kier alpha value is -5.46. The zero-order valence-electron chi connectivity index (χ0n) is 32.9. The number of nitrogens with two attached hydrogens (primary N) is 1. The fraction of sp³-hybridized carbons (Fsp3) is 0.372. The highest BCUT2D eigenvalue weighted by molar-refractivity contribution is 7.15. The van der Waals surface area contributed by atoms with Crippen LogP contribution in [-0.4, -0.2) is 99.9 Å². The van der Waals surface area contributed by atoms with Gasteiger partial charge in [-0.05, 0) is 82.4 Å². The number of carbonyl (C=O) groups is 3. The molecule has 58 heavy (non-hydrogen) atoms. The number of hydrogen-bond acceptors (Lipinski definition) is 12. The molecule has 0 saturated carbocycles. The van der Waals surface area contributed by atoms with Crippen LogP contribution in [0.3, 0.4) is 0 Å². The minimum Gasteiger partial charge on any atom is -0.404 e. The number of amides is 2. The van der Waals surface area contributed by atoms with E-state index >= 15 is 0 Å². The lowest BCUT2D eigenvalue weighted by atomic mass is 9.99. The van der Waals surface area contributed by atoms with Gasteiger partial charge >= 0.3 is 0 Å². The molecule has 2 aromatic carbocycles. The normalized spacial score (nSPS) is 17.6. The van der Waals surface area contributed by atoms with E-state index in [1.54, 1.807) is 23.6 Å². The van der Waals surface area contributed by atoms with Gasteiger partial charge in [0.05, 0.1) is 22.2 Å². The molecule has 0 aliphatic carbocycles. The SMILES string of the molecule is Cc1c(C#CC(C=NCCCN2CCC(Nc3cccc(C=O)c3CN(C)C3CCC(=O)NC3=O)CC2)=CN)sc2c1C(c1ccc(Cl)cc1)=NCc1nnc(C)n1-2. The van der Waals surface area contributed by atoms with Crippen LogP contribution in [0.4, 0.5) is 5.69 Å². The smallest absolute Gasteiger partial charge is 0.243 e. The molecule has 5 heterocycles. The van der Waals surface area contributed by atoms with Gasteiger partial charge in [0.25, 0.3) is 0 Å². The molecule has 2 fully saturated rings. The highest BCUT2D eigenvalue weighted by atomic mass is 35.5.